The third-order valence-corrected chi connectivity index (χ3v) is 6.53. The Morgan fingerprint density at radius 3 is 1.89 bits per heavy atom. The van der Waals surface area contributed by atoms with Crippen LogP contribution in [-0.2, 0) is 23.8 Å². The molecule has 4 saturated carbocycles. The minimum atomic E-state index is -3.77. The molecule has 0 aromatic carbocycles. The van der Waals surface area contributed by atoms with Crippen LogP contribution in [0.2, 0.25) is 0 Å². The summed E-state index contributed by atoms with van der Waals surface area (Å²) in [5, 5.41) is 0. The van der Waals surface area contributed by atoms with Crippen LogP contribution in [0.1, 0.15) is 72.6 Å². The van der Waals surface area contributed by atoms with Crippen LogP contribution in [0.3, 0.4) is 0 Å². The zero-order valence-electron chi connectivity index (χ0n) is 16.8. The summed E-state index contributed by atoms with van der Waals surface area (Å²) in [5.41, 5.74) is -2.27. The fourth-order valence-corrected chi connectivity index (χ4v) is 5.18. The summed E-state index contributed by atoms with van der Waals surface area (Å²) in [6.07, 6.45) is 3.03. The molecule has 0 amide bonds. The number of carbonyl (C=O) groups is 3. The van der Waals surface area contributed by atoms with Crippen molar-refractivity contribution in [1.29, 1.82) is 0 Å². The average molecular weight is 402 g/mol. The van der Waals surface area contributed by atoms with Gasteiger partial charge in [-0.3, -0.25) is 4.79 Å². The molecule has 4 aliphatic carbocycles. The Morgan fingerprint density at radius 2 is 1.43 bits per heavy atom. The number of carbonyl (C=O) groups excluding carboxylic acids is 3. The molecule has 0 aromatic rings. The van der Waals surface area contributed by atoms with Crippen molar-refractivity contribution in [1.82, 2.24) is 0 Å². The minimum absolute atomic E-state index is 0.218. The van der Waals surface area contributed by atoms with Gasteiger partial charge in [0.15, 0.2) is 0 Å². The highest BCUT2D eigenvalue weighted by Crippen LogP contribution is 2.60. The SMILES string of the molecule is CCC(C)(C)C(=O)OC12CC3CC(CC(OC(=O)OC(=O)C(C)(F)F)(C3)C1)C2. The molecule has 8 heteroatoms. The van der Waals surface area contributed by atoms with E-state index in [4.69, 9.17) is 9.47 Å². The molecule has 4 aliphatic rings. The molecule has 4 rings (SSSR count). The fraction of sp³-hybridized carbons (Fsp3) is 0.850. The molecule has 0 aliphatic heterocycles. The van der Waals surface area contributed by atoms with Crippen molar-refractivity contribution in [2.24, 2.45) is 17.3 Å². The predicted molar refractivity (Wildman–Crippen MR) is 93.5 cm³/mol. The molecule has 0 heterocycles. The van der Waals surface area contributed by atoms with Crippen LogP contribution < -0.4 is 0 Å². The summed E-state index contributed by atoms with van der Waals surface area (Å²) in [7, 11) is 0. The second-order valence-corrected chi connectivity index (χ2v) is 9.58. The topological polar surface area (TPSA) is 78.9 Å². The summed E-state index contributed by atoms with van der Waals surface area (Å²) >= 11 is 0. The lowest BCUT2D eigenvalue weighted by Gasteiger charge is -2.60. The Kier molecular flexibility index (Phi) is 4.99. The van der Waals surface area contributed by atoms with E-state index >= 15 is 0 Å². The lowest BCUT2D eigenvalue weighted by atomic mass is 9.52. The maximum atomic E-state index is 13.0. The van der Waals surface area contributed by atoms with Crippen LogP contribution in [0.5, 0.6) is 0 Å². The molecule has 0 saturated heterocycles. The summed E-state index contributed by atoms with van der Waals surface area (Å²) < 4.78 is 41.6. The minimum Gasteiger partial charge on any atom is -0.458 e. The molecule has 158 valence electrons. The molecular formula is C20H28F2O6. The van der Waals surface area contributed by atoms with Gasteiger partial charge in [0, 0.05) is 13.3 Å². The van der Waals surface area contributed by atoms with E-state index in [1.54, 1.807) is 0 Å². The van der Waals surface area contributed by atoms with Crippen LogP contribution in [0.25, 0.3) is 0 Å². The first-order valence-corrected chi connectivity index (χ1v) is 9.85. The zero-order valence-corrected chi connectivity index (χ0v) is 16.8. The first kappa shape index (κ1) is 21.0. The molecule has 0 spiro atoms. The van der Waals surface area contributed by atoms with E-state index in [0.717, 1.165) is 6.42 Å². The zero-order chi connectivity index (χ0) is 21.0. The van der Waals surface area contributed by atoms with Crippen molar-refractivity contribution >= 4 is 18.1 Å². The van der Waals surface area contributed by atoms with Crippen LogP contribution in [0.4, 0.5) is 13.6 Å². The van der Waals surface area contributed by atoms with E-state index in [0.29, 0.717) is 45.4 Å². The Morgan fingerprint density at radius 1 is 0.929 bits per heavy atom. The van der Waals surface area contributed by atoms with E-state index in [1.165, 1.54) is 0 Å². The lowest BCUT2D eigenvalue weighted by Crippen LogP contribution is -2.62. The summed E-state index contributed by atoms with van der Waals surface area (Å²) in [6.45, 7) is 5.94. The number of hydrogen-bond donors (Lipinski definition) is 0. The number of hydrogen-bond acceptors (Lipinski definition) is 6. The van der Waals surface area contributed by atoms with Gasteiger partial charge in [0.05, 0.1) is 5.41 Å². The van der Waals surface area contributed by atoms with Crippen molar-refractivity contribution in [2.75, 3.05) is 0 Å². The Hall–Kier alpha value is -1.73. The molecule has 4 fully saturated rings. The van der Waals surface area contributed by atoms with Gasteiger partial charge in [-0.25, -0.2) is 9.59 Å². The van der Waals surface area contributed by atoms with Crippen LogP contribution in [0, 0.1) is 17.3 Å². The van der Waals surface area contributed by atoms with Crippen molar-refractivity contribution < 1.29 is 37.4 Å². The van der Waals surface area contributed by atoms with Crippen molar-refractivity contribution in [3.8, 4) is 0 Å². The average Bonchev–Trinajstić information content (AvgIpc) is 2.51. The Labute approximate surface area is 163 Å². The smallest absolute Gasteiger partial charge is 0.458 e. The second-order valence-electron chi connectivity index (χ2n) is 9.58. The van der Waals surface area contributed by atoms with Gasteiger partial charge in [0.25, 0.3) is 0 Å². The van der Waals surface area contributed by atoms with Gasteiger partial charge >= 0.3 is 24.0 Å². The van der Waals surface area contributed by atoms with Gasteiger partial charge in [0.1, 0.15) is 11.2 Å². The molecule has 4 bridgehead atoms. The Bertz CT molecular complexity index is 667. The highest BCUT2D eigenvalue weighted by Gasteiger charge is 2.62. The number of halogens is 2. The first-order chi connectivity index (χ1) is 12.8. The molecular weight excluding hydrogens is 374 g/mol. The van der Waals surface area contributed by atoms with E-state index < -0.39 is 34.7 Å². The van der Waals surface area contributed by atoms with Gasteiger partial charge in [0.2, 0.25) is 0 Å². The van der Waals surface area contributed by atoms with Crippen molar-refractivity contribution in [3.05, 3.63) is 0 Å². The summed E-state index contributed by atoms with van der Waals surface area (Å²) in [5.74, 6) is -5.56. The van der Waals surface area contributed by atoms with Gasteiger partial charge in [-0.1, -0.05) is 6.92 Å². The van der Waals surface area contributed by atoms with E-state index in [1.807, 2.05) is 20.8 Å². The standard InChI is InChI=1S/C20H28F2O6/c1-5-17(2,3)14(23)27-19-7-12-6-13(8-19)10-20(9-12,11-19)28-16(25)26-15(24)18(4,21)22/h12-13H,5-11H2,1-4H3. The van der Waals surface area contributed by atoms with Gasteiger partial charge in [-0.15, -0.1) is 0 Å². The van der Waals surface area contributed by atoms with Gasteiger partial charge < -0.3 is 14.2 Å². The van der Waals surface area contributed by atoms with E-state index in [9.17, 15) is 23.2 Å². The highest BCUT2D eigenvalue weighted by atomic mass is 19.3. The lowest BCUT2D eigenvalue weighted by molar-refractivity contribution is -0.228. The van der Waals surface area contributed by atoms with E-state index in [-0.39, 0.29) is 17.8 Å². The summed E-state index contributed by atoms with van der Waals surface area (Å²) in [6, 6.07) is 0. The molecule has 6 nitrogen and oxygen atoms in total. The quantitative estimate of drug-likeness (QED) is 0.501. The normalized spacial score (nSPS) is 34.1. The maximum absolute atomic E-state index is 13.0. The number of alkyl halides is 2. The number of ether oxygens (including phenoxy) is 3. The largest absolute Gasteiger partial charge is 0.516 e. The second kappa shape index (κ2) is 6.66. The van der Waals surface area contributed by atoms with Gasteiger partial charge in [-0.2, -0.15) is 8.78 Å². The first-order valence-electron chi connectivity index (χ1n) is 9.85. The van der Waals surface area contributed by atoms with Crippen LogP contribution in [-0.4, -0.2) is 35.2 Å². The van der Waals surface area contributed by atoms with Crippen molar-refractivity contribution in [3.63, 3.8) is 0 Å². The van der Waals surface area contributed by atoms with Crippen LogP contribution in [0.15, 0.2) is 0 Å². The number of rotatable bonds is 5. The molecule has 2 atom stereocenters. The predicted octanol–water partition coefficient (Wildman–Crippen LogP) is 4.39. The fourth-order valence-electron chi connectivity index (χ4n) is 5.18. The Balaban J connectivity index is 1.74. The summed E-state index contributed by atoms with van der Waals surface area (Å²) in [4.78, 5) is 36.0. The third-order valence-electron chi connectivity index (χ3n) is 6.53. The molecule has 0 aromatic heterocycles. The van der Waals surface area contributed by atoms with E-state index in [2.05, 4.69) is 4.74 Å². The maximum Gasteiger partial charge on any atom is 0.516 e. The van der Waals surface area contributed by atoms with Crippen molar-refractivity contribution in [2.45, 2.75) is 89.8 Å². The van der Waals surface area contributed by atoms with Gasteiger partial charge in [-0.05, 0) is 64.2 Å². The molecule has 0 radical (unpaired) electrons. The molecule has 28 heavy (non-hydrogen) atoms. The number of esters is 2. The highest BCUT2D eigenvalue weighted by molar-refractivity contribution is 5.86. The third kappa shape index (κ3) is 4.01. The van der Waals surface area contributed by atoms with Crippen LogP contribution >= 0.6 is 0 Å². The molecule has 0 N–H and O–H groups in total. The monoisotopic (exact) mass is 402 g/mol. The molecule has 2 unspecified atom stereocenters.